The summed E-state index contributed by atoms with van der Waals surface area (Å²) in [6.07, 6.45) is 3.41. The first-order valence-electron chi connectivity index (χ1n) is 7.71. The minimum Gasteiger partial charge on any atom is -0.444 e. The summed E-state index contributed by atoms with van der Waals surface area (Å²) in [6, 6.07) is 0.468. The Bertz CT molecular complexity index is 294. The summed E-state index contributed by atoms with van der Waals surface area (Å²) in [5, 5.41) is 12.9. The second kappa shape index (κ2) is 7.84. The van der Waals surface area contributed by atoms with Crippen LogP contribution < -0.4 is 5.32 Å². The fraction of sp³-hybridized carbons (Fsp3) is 0.933. The largest absolute Gasteiger partial charge is 0.444 e. The van der Waals surface area contributed by atoms with E-state index in [-0.39, 0.29) is 12.2 Å². The van der Waals surface area contributed by atoms with E-state index in [1.54, 1.807) is 4.90 Å². The number of ether oxygens (including phenoxy) is 1. The zero-order valence-electron chi connectivity index (χ0n) is 13.3. The number of nitrogens with zero attached hydrogens (tertiary/aromatic N) is 1. The number of aliphatic hydroxyl groups excluding tert-OH is 1. The van der Waals surface area contributed by atoms with Crippen LogP contribution in [0.5, 0.6) is 0 Å². The topological polar surface area (TPSA) is 61.8 Å². The summed E-state index contributed by atoms with van der Waals surface area (Å²) in [4.78, 5) is 13.7. The monoisotopic (exact) mass is 286 g/mol. The molecule has 5 nitrogen and oxygen atoms in total. The molecule has 118 valence electrons. The van der Waals surface area contributed by atoms with Gasteiger partial charge in [-0.25, -0.2) is 4.79 Å². The number of rotatable bonds is 5. The van der Waals surface area contributed by atoms with E-state index in [4.69, 9.17) is 4.74 Å². The Morgan fingerprint density at radius 2 is 1.90 bits per heavy atom. The molecule has 20 heavy (non-hydrogen) atoms. The van der Waals surface area contributed by atoms with E-state index in [0.29, 0.717) is 19.1 Å². The molecular formula is C15H30N2O3. The standard InChI is InChI=1S/C15H30N2O3/c1-5-17(14(19)20-15(2,3)4)11-10-16-12-6-8-13(18)9-7-12/h12-13,16,18H,5-11H2,1-4H3. The van der Waals surface area contributed by atoms with E-state index >= 15 is 0 Å². The van der Waals surface area contributed by atoms with Crippen LogP contribution in [-0.4, -0.2) is 53.5 Å². The predicted molar refractivity (Wildman–Crippen MR) is 79.7 cm³/mol. The van der Waals surface area contributed by atoms with Crippen molar-refractivity contribution in [3.63, 3.8) is 0 Å². The van der Waals surface area contributed by atoms with Crippen LogP contribution in [0.1, 0.15) is 53.4 Å². The lowest BCUT2D eigenvalue weighted by molar-refractivity contribution is 0.0259. The van der Waals surface area contributed by atoms with Gasteiger partial charge in [0.25, 0.3) is 0 Å². The van der Waals surface area contributed by atoms with Gasteiger partial charge in [0.1, 0.15) is 5.60 Å². The van der Waals surface area contributed by atoms with E-state index in [1.807, 2.05) is 27.7 Å². The van der Waals surface area contributed by atoms with Gasteiger partial charge in [-0.2, -0.15) is 0 Å². The van der Waals surface area contributed by atoms with Gasteiger partial charge in [0.05, 0.1) is 6.10 Å². The minimum atomic E-state index is -0.447. The van der Waals surface area contributed by atoms with E-state index in [0.717, 1.165) is 32.2 Å². The fourth-order valence-electron chi connectivity index (χ4n) is 2.39. The molecule has 0 saturated heterocycles. The Morgan fingerprint density at radius 3 is 2.40 bits per heavy atom. The first-order valence-corrected chi connectivity index (χ1v) is 7.71. The molecule has 0 unspecified atom stereocenters. The highest BCUT2D eigenvalue weighted by molar-refractivity contribution is 5.68. The van der Waals surface area contributed by atoms with Gasteiger partial charge in [0.15, 0.2) is 0 Å². The molecule has 0 spiro atoms. The zero-order chi connectivity index (χ0) is 15.2. The highest BCUT2D eigenvalue weighted by atomic mass is 16.6. The Hall–Kier alpha value is -0.810. The fourth-order valence-corrected chi connectivity index (χ4v) is 2.39. The van der Waals surface area contributed by atoms with Crippen molar-refractivity contribution in [2.75, 3.05) is 19.6 Å². The molecule has 1 fully saturated rings. The Morgan fingerprint density at radius 1 is 1.30 bits per heavy atom. The van der Waals surface area contributed by atoms with Crippen molar-refractivity contribution in [3.05, 3.63) is 0 Å². The maximum absolute atomic E-state index is 12.0. The number of carbonyl (C=O) groups is 1. The molecule has 0 heterocycles. The summed E-state index contributed by atoms with van der Waals surface area (Å²) >= 11 is 0. The molecule has 0 aromatic rings. The summed E-state index contributed by atoms with van der Waals surface area (Å²) < 4.78 is 5.37. The van der Waals surface area contributed by atoms with Crippen molar-refractivity contribution in [1.29, 1.82) is 0 Å². The lowest BCUT2D eigenvalue weighted by Crippen LogP contribution is -2.43. The van der Waals surface area contributed by atoms with Crippen molar-refractivity contribution in [1.82, 2.24) is 10.2 Å². The van der Waals surface area contributed by atoms with E-state index in [1.165, 1.54) is 0 Å². The SMILES string of the molecule is CCN(CCNC1CCC(O)CC1)C(=O)OC(C)(C)C. The van der Waals surface area contributed by atoms with Crippen LogP contribution >= 0.6 is 0 Å². The Kier molecular flexibility index (Phi) is 6.76. The second-order valence-corrected chi connectivity index (χ2v) is 6.52. The Balaban J connectivity index is 2.25. The van der Waals surface area contributed by atoms with Crippen molar-refractivity contribution in [3.8, 4) is 0 Å². The third-order valence-electron chi connectivity index (χ3n) is 3.54. The molecular weight excluding hydrogens is 256 g/mol. The van der Waals surface area contributed by atoms with E-state index < -0.39 is 5.60 Å². The number of hydrogen-bond acceptors (Lipinski definition) is 4. The molecule has 1 saturated carbocycles. The first kappa shape index (κ1) is 17.2. The normalized spacial score (nSPS) is 23.4. The summed E-state index contributed by atoms with van der Waals surface area (Å²) in [7, 11) is 0. The summed E-state index contributed by atoms with van der Waals surface area (Å²) in [6.45, 7) is 9.68. The van der Waals surface area contributed by atoms with Crippen molar-refractivity contribution < 1.29 is 14.6 Å². The van der Waals surface area contributed by atoms with Gasteiger partial charge in [-0.3, -0.25) is 0 Å². The summed E-state index contributed by atoms with van der Waals surface area (Å²) in [5.41, 5.74) is -0.447. The first-order chi connectivity index (χ1) is 9.31. The third-order valence-corrected chi connectivity index (χ3v) is 3.54. The molecule has 0 aliphatic heterocycles. The van der Waals surface area contributed by atoms with Gasteiger partial charge in [-0.05, 0) is 53.4 Å². The van der Waals surface area contributed by atoms with Gasteiger partial charge < -0.3 is 20.1 Å². The molecule has 5 heteroatoms. The number of aliphatic hydroxyl groups is 1. The quantitative estimate of drug-likeness (QED) is 0.813. The van der Waals surface area contributed by atoms with Crippen LogP contribution in [0.15, 0.2) is 0 Å². The number of carbonyl (C=O) groups excluding carboxylic acids is 1. The molecule has 1 aliphatic carbocycles. The lowest BCUT2D eigenvalue weighted by atomic mass is 9.93. The van der Waals surface area contributed by atoms with Gasteiger partial charge in [0, 0.05) is 25.7 Å². The number of hydrogen-bond donors (Lipinski definition) is 2. The van der Waals surface area contributed by atoms with E-state index in [2.05, 4.69) is 5.32 Å². The average molecular weight is 286 g/mol. The van der Waals surface area contributed by atoms with Crippen LogP contribution in [0, 0.1) is 0 Å². The highest BCUT2D eigenvalue weighted by Crippen LogP contribution is 2.18. The molecule has 0 aromatic heterocycles. The second-order valence-electron chi connectivity index (χ2n) is 6.52. The van der Waals surface area contributed by atoms with Crippen molar-refractivity contribution in [2.24, 2.45) is 0 Å². The Labute approximate surface area is 122 Å². The smallest absolute Gasteiger partial charge is 0.410 e. The van der Waals surface area contributed by atoms with Crippen LogP contribution in [0.25, 0.3) is 0 Å². The zero-order valence-corrected chi connectivity index (χ0v) is 13.3. The maximum Gasteiger partial charge on any atom is 0.410 e. The van der Waals surface area contributed by atoms with Crippen molar-refractivity contribution in [2.45, 2.75) is 71.1 Å². The predicted octanol–water partition coefficient (Wildman–Crippen LogP) is 2.14. The highest BCUT2D eigenvalue weighted by Gasteiger charge is 2.22. The molecule has 0 radical (unpaired) electrons. The molecule has 1 rings (SSSR count). The van der Waals surface area contributed by atoms with Crippen LogP contribution in [0.2, 0.25) is 0 Å². The molecule has 2 N–H and O–H groups in total. The number of nitrogens with one attached hydrogen (secondary N) is 1. The minimum absolute atomic E-state index is 0.123. The van der Waals surface area contributed by atoms with Crippen LogP contribution in [0.4, 0.5) is 4.79 Å². The van der Waals surface area contributed by atoms with Gasteiger partial charge in [-0.1, -0.05) is 0 Å². The van der Waals surface area contributed by atoms with Gasteiger partial charge in [0.2, 0.25) is 0 Å². The average Bonchev–Trinajstić information content (AvgIpc) is 2.34. The van der Waals surface area contributed by atoms with Crippen molar-refractivity contribution >= 4 is 6.09 Å². The van der Waals surface area contributed by atoms with Gasteiger partial charge in [-0.15, -0.1) is 0 Å². The lowest BCUT2D eigenvalue weighted by Gasteiger charge is -2.29. The maximum atomic E-state index is 12.0. The van der Waals surface area contributed by atoms with E-state index in [9.17, 15) is 9.90 Å². The summed E-state index contributed by atoms with van der Waals surface area (Å²) in [5.74, 6) is 0. The molecule has 1 aliphatic rings. The molecule has 1 amide bonds. The molecule has 0 bridgehead atoms. The third kappa shape index (κ3) is 6.57. The molecule has 0 aromatic carbocycles. The molecule has 0 atom stereocenters. The van der Waals surface area contributed by atoms with Gasteiger partial charge >= 0.3 is 6.09 Å². The van der Waals surface area contributed by atoms with Crippen LogP contribution in [-0.2, 0) is 4.74 Å². The van der Waals surface area contributed by atoms with Crippen LogP contribution in [0.3, 0.4) is 0 Å². The number of likely N-dealkylation sites (N-methyl/N-ethyl adjacent to an activating group) is 1. The number of amides is 1.